The van der Waals surface area contributed by atoms with Crippen LogP contribution in [-0.2, 0) is 11.2 Å². The summed E-state index contributed by atoms with van der Waals surface area (Å²) in [7, 11) is 1.57. The molecular weight excluding hydrogens is 288 g/mol. The first-order valence-electron chi connectivity index (χ1n) is 5.05. The summed E-state index contributed by atoms with van der Waals surface area (Å²) in [6.07, 6.45) is 0.409. The Kier molecular flexibility index (Phi) is 3.33. The number of methoxy groups -OCH3 is 1. The molecule has 6 heteroatoms. The Morgan fingerprint density at radius 3 is 3.00 bits per heavy atom. The first kappa shape index (κ1) is 11.9. The van der Waals surface area contributed by atoms with E-state index in [1.54, 1.807) is 7.11 Å². The van der Waals surface area contributed by atoms with Gasteiger partial charge in [0.25, 0.3) is 0 Å². The number of halogens is 1. The molecule has 0 aromatic carbocycles. The summed E-state index contributed by atoms with van der Waals surface area (Å²) in [6, 6.07) is 5.57. The van der Waals surface area contributed by atoms with Crippen molar-refractivity contribution in [1.82, 2.24) is 9.38 Å². The van der Waals surface area contributed by atoms with Crippen molar-refractivity contribution in [2.75, 3.05) is 7.11 Å². The number of carboxylic acid groups (broad SMARTS) is 1. The fourth-order valence-corrected chi connectivity index (χ4v) is 2.20. The van der Waals surface area contributed by atoms with Crippen LogP contribution in [0.5, 0.6) is 5.88 Å². The standard InChI is InChI=1S/C11H11BrN2O3/c1-17-9-4-2-3-7-11(12)13-8(14(7)9)5-6-10(15)16/h2-4H,5-6H2,1H3,(H,15,16). The SMILES string of the molecule is COc1cccc2c(Br)nc(CCC(=O)O)n12. The maximum atomic E-state index is 10.6. The van der Waals surface area contributed by atoms with Crippen LogP contribution in [0.15, 0.2) is 22.8 Å². The Balaban J connectivity index is 2.51. The minimum absolute atomic E-state index is 0.0452. The van der Waals surface area contributed by atoms with E-state index in [0.717, 1.165) is 5.52 Å². The van der Waals surface area contributed by atoms with E-state index in [-0.39, 0.29) is 6.42 Å². The van der Waals surface area contributed by atoms with Gasteiger partial charge >= 0.3 is 5.97 Å². The van der Waals surface area contributed by atoms with Gasteiger partial charge in [-0.25, -0.2) is 4.98 Å². The number of hydrogen-bond donors (Lipinski definition) is 1. The lowest BCUT2D eigenvalue weighted by Gasteiger charge is -2.06. The lowest BCUT2D eigenvalue weighted by molar-refractivity contribution is -0.137. The molecule has 2 heterocycles. The monoisotopic (exact) mass is 298 g/mol. The van der Waals surface area contributed by atoms with Crippen molar-refractivity contribution in [2.24, 2.45) is 0 Å². The Morgan fingerprint density at radius 1 is 1.59 bits per heavy atom. The number of carbonyl (C=O) groups is 1. The number of ether oxygens (including phenoxy) is 1. The van der Waals surface area contributed by atoms with E-state index in [4.69, 9.17) is 9.84 Å². The lowest BCUT2D eigenvalue weighted by atomic mass is 10.3. The van der Waals surface area contributed by atoms with Gasteiger partial charge in [-0.3, -0.25) is 9.20 Å². The molecule has 5 nitrogen and oxygen atoms in total. The molecule has 0 atom stereocenters. The molecule has 0 saturated carbocycles. The van der Waals surface area contributed by atoms with Crippen LogP contribution in [-0.4, -0.2) is 27.6 Å². The van der Waals surface area contributed by atoms with Crippen molar-refractivity contribution >= 4 is 27.4 Å². The average molecular weight is 299 g/mol. The quantitative estimate of drug-likeness (QED) is 0.939. The predicted octanol–water partition coefficient (Wildman–Crippen LogP) is 2.12. The van der Waals surface area contributed by atoms with Crippen LogP contribution in [0.25, 0.3) is 5.52 Å². The zero-order valence-electron chi connectivity index (χ0n) is 9.18. The van der Waals surface area contributed by atoms with Crippen LogP contribution in [0.1, 0.15) is 12.2 Å². The molecule has 0 aliphatic carbocycles. The van der Waals surface area contributed by atoms with Crippen LogP contribution in [0.3, 0.4) is 0 Å². The summed E-state index contributed by atoms with van der Waals surface area (Å²) in [5.74, 6) is 0.473. The number of hydrogen-bond acceptors (Lipinski definition) is 3. The molecule has 90 valence electrons. The number of nitrogens with zero attached hydrogens (tertiary/aromatic N) is 2. The first-order chi connectivity index (χ1) is 8.13. The van der Waals surface area contributed by atoms with E-state index in [2.05, 4.69) is 20.9 Å². The highest BCUT2D eigenvalue weighted by atomic mass is 79.9. The first-order valence-corrected chi connectivity index (χ1v) is 5.84. The number of aryl methyl sites for hydroxylation is 1. The van der Waals surface area contributed by atoms with Gasteiger partial charge in [0.2, 0.25) is 0 Å². The van der Waals surface area contributed by atoms with E-state index in [1.165, 1.54) is 0 Å². The van der Waals surface area contributed by atoms with Crippen LogP contribution in [0.4, 0.5) is 0 Å². The van der Waals surface area contributed by atoms with E-state index in [9.17, 15) is 4.79 Å². The predicted molar refractivity (Wildman–Crippen MR) is 65.4 cm³/mol. The molecular formula is C11H11BrN2O3. The Labute approximate surface area is 106 Å². The van der Waals surface area contributed by atoms with Crippen LogP contribution in [0, 0.1) is 0 Å². The van der Waals surface area contributed by atoms with Crippen LogP contribution >= 0.6 is 15.9 Å². The number of rotatable bonds is 4. The van der Waals surface area contributed by atoms with E-state index in [1.807, 2.05) is 22.6 Å². The summed E-state index contributed by atoms with van der Waals surface area (Å²) < 4.78 is 7.75. The molecule has 2 aromatic heterocycles. The largest absolute Gasteiger partial charge is 0.482 e. The number of pyridine rings is 1. The summed E-state index contributed by atoms with van der Waals surface area (Å²) in [6.45, 7) is 0. The zero-order valence-corrected chi connectivity index (χ0v) is 10.8. The van der Waals surface area contributed by atoms with E-state index in [0.29, 0.717) is 22.7 Å². The summed E-state index contributed by atoms with van der Waals surface area (Å²) >= 11 is 3.35. The highest BCUT2D eigenvalue weighted by Crippen LogP contribution is 2.24. The van der Waals surface area contributed by atoms with Crippen LogP contribution in [0.2, 0.25) is 0 Å². The highest BCUT2D eigenvalue weighted by molar-refractivity contribution is 9.10. The lowest BCUT2D eigenvalue weighted by Crippen LogP contribution is -2.03. The number of aromatic nitrogens is 2. The minimum Gasteiger partial charge on any atom is -0.482 e. The van der Waals surface area contributed by atoms with Gasteiger partial charge in [0, 0.05) is 6.42 Å². The van der Waals surface area contributed by atoms with Gasteiger partial charge in [-0.15, -0.1) is 0 Å². The zero-order chi connectivity index (χ0) is 12.4. The van der Waals surface area contributed by atoms with Gasteiger partial charge in [0.1, 0.15) is 10.4 Å². The molecule has 0 fully saturated rings. The van der Waals surface area contributed by atoms with Gasteiger partial charge in [0.05, 0.1) is 19.0 Å². The fourth-order valence-electron chi connectivity index (χ4n) is 1.68. The van der Waals surface area contributed by atoms with Crippen molar-refractivity contribution in [3.8, 4) is 5.88 Å². The second kappa shape index (κ2) is 4.75. The second-order valence-electron chi connectivity index (χ2n) is 3.50. The average Bonchev–Trinajstić information content (AvgIpc) is 2.64. The maximum Gasteiger partial charge on any atom is 0.303 e. The maximum absolute atomic E-state index is 10.6. The third-order valence-electron chi connectivity index (χ3n) is 2.42. The minimum atomic E-state index is -0.840. The number of imidazole rings is 1. The van der Waals surface area contributed by atoms with E-state index < -0.39 is 5.97 Å². The molecule has 17 heavy (non-hydrogen) atoms. The van der Waals surface area contributed by atoms with Crippen molar-refractivity contribution in [3.63, 3.8) is 0 Å². The van der Waals surface area contributed by atoms with Crippen molar-refractivity contribution < 1.29 is 14.6 Å². The highest BCUT2D eigenvalue weighted by Gasteiger charge is 2.13. The molecule has 2 aromatic rings. The molecule has 2 rings (SSSR count). The third kappa shape index (κ3) is 2.26. The molecule has 0 spiro atoms. The Morgan fingerprint density at radius 2 is 2.35 bits per heavy atom. The summed E-state index contributed by atoms with van der Waals surface area (Å²) in [5, 5.41) is 8.70. The van der Waals surface area contributed by atoms with Gasteiger partial charge in [-0.05, 0) is 28.1 Å². The molecule has 0 radical (unpaired) electrons. The second-order valence-corrected chi connectivity index (χ2v) is 4.25. The molecule has 0 bridgehead atoms. The Hall–Kier alpha value is -1.56. The van der Waals surface area contributed by atoms with Gasteiger partial charge in [-0.2, -0.15) is 0 Å². The van der Waals surface area contributed by atoms with Crippen molar-refractivity contribution in [3.05, 3.63) is 28.6 Å². The number of aliphatic carboxylic acids is 1. The van der Waals surface area contributed by atoms with E-state index >= 15 is 0 Å². The third-order valence-corrected chi connectivity index (χ3v) is 3.01. The fraction of sp³-hybridized carbons (Fsp3) is 0.273. The van der Waals surface area contributed by atoms with Crippen LogP contribution < -0.4 is 4.74 Å². The van der Waals surface area contributed by atoms with Gasteiger partial charge < -0.3 is 9.84 Å². The summed E-state index contributed by atoms with van der Waals surface area (Å²) in [5.41, 5.74) is 0.865. The van der Waals surface area contributed by atoms with Gasteiger partial charge in [-0.1, -0.05) is 6.07 Å². The number of fused-ring (bicyclic) bond motifs is 1. The summed E-state index contributed by atoms with van der Waals surface area (Å²) in [4.78, 5) is 14.9. The smallest absolute Gasteiger partial charge is 0.303 e. The van der Waals surface area contributed by atoms with Crippen molar-refractivity contribution in [2.45, 2.75) is 12.8 Å². The molecule has 0 amide bonds. The molecule has 0 aliphatic heterocycles. The van der Waals surface area contributed by atoms with Gasteiger partial charge in [0.15, 0.2) is 5.88 Å². The molecule has 0 saturated heterocycles. The topological polar surface area (TPSA) is 63.8 Å². The number of carboxylic acids is 1. The molecule has 0 unspecified atom stereocenters. The molecule has 0 aliphatic rings. The Bertz CT molecular complexity index is 565. The normalized spacial score (nSPS) is 10.7. The molecule has 1 N–H and O–H groups in total. The van der Waals surface area contributed by atoms with Crippen molar-refractivity contribution in [1.29, 1.82) is 0 Å².